The highest BCUT2D eigenvalue weighted by atomic mass is 32.2. The molecule has 0 fully saturated rings. The van der Waals surface area contributed by atoms with E-state index in [1.165, 1.54) is 28.3 Å². The molecule has 0 spiro atoms. The number of aromatic nitrogens is 3. The van der Waals surface area contributed by atoms with E-state index in [2.05, 4.69) is 4.99 Å². The Balaban J connectivity index is 2.38. The molecule has 3 rings (SSSR count). The molecule has 0 saturated carbocycles. The van der Waals surface area contributed by atoms with Gasteiger partial charge in [0.1, 0.15) is 16.9 Å². The number of pyridine rings is 2. The fourth-order valence-corrected chi connectivity index (χ4v) is 3.90. The molecule has 190 valence electrons. The first-order chi connectivity index (χ1) is 17.4. The summed E-state index contributed by atoms with van der Waals surface area (Å²) in [7, 11) is 0. The summed E-state index contributed by atoms with van der Waals surface area (Å²) in [6, 6.07) is 5.04. The van der Waals surface area contributed by atoms with Crippen molar-refractivity contribution in [1.29, 1.82) is 0 Å². The van der Waals surface area contributed by atoms with Gasteiger partial charge < -0.3 is 14.0 Å². The number of hydrogen-bond donors (Lipinski definition) is 0. The highest BCUT2D eigenvalue weighted by Gasteiger charge is 2.20. The van der Waals surface area contributed by atoms with Crippen molar-refractivity contribution in [2.75, 3.05) is 26.1 Å². The molecule has 0 aromatic carbocycles. The molecule has 3 aromatic rings. The highest BCUT2D eigenvalue weighted by molar-refractivity contribution is 8.01. The van der Waals surface area contributed by atoms with Crippen LogP contribution in [-0.2, 0) is 20.8 Å². The number of esters is 1. The summed E-state index contributed by atoms with van der Waals surface area (Å²) >= 11 is 1.50. The Kier molecular flexibility index (Phi) is 9.77. The number of carbonyl (C=O) groups is 2. The molecule has 1 amide bonds. The van der Waals surface area contributed by atoms with Gasteiger partial charge >= 0.3 is 5.97 Å². The minimum atomic E-state index is -0.676. The minimum absolute atomic E-state index is 0.0219. The average Bonchev–Trinajstić information content (AvgIpc) is 2.86. The molecule has 0 atom stereocenters. The van der Waals surface area contributed by atoms with Crippen LogP contribution in [-0.4, -0.2) is 51.9 Å². The normalized spacial score (nSPS) is 12.4. The van der Waals surface area contributed by atoms with Crippen LogP contribution in [0.3, 0.4) is 0 Å². The van der Waals surface area contributed by atoms with E-state index in [0.717, 1.165) is 5.56 Å². The molecule has 3 aromatic heterocycles. The highest BCUT2D eigenvalue weighted by Crippen LogP contribution is 2.14. The van der Waals surface area contributed by atoms with E-state index in [0.29, 0.717) is 37.5 Å². The van der Waals surface area contributed by atoms with Crippen LogP contribution in [0, 0.1) is 6.92 Å². The van der Waals surface area contributed by atoms with Gasteiger partial charge in [0.05, 0.1) is 12.0 Å². The van der Waals surface area contributed by atoms with Crippen LogP contribution in [0.1, 0.15) is 36.2 Å². The summed E-state index contributed by atoms with van der Waals surface area (Å²) < 4.78 is 13.8. The number of hydrogen-bond acceptors (Lipinski definition) is 7. The number of thioether (sulfide) groups is 1. The molecule has 10 heteroatoms. The number of aryl methyl sites for hydroxylation is 2. The summed E-state index contributed by atoms with van der Waals surface area (Å²) in [6.45, 7) is 6.91. The second-order valence-electron chi connectivity index (χ2n) is 7.72. The summed E-state index contributed by atoms with van der Waals surface area (Å²) in [4.78, 5) is 48.2. The quantitative estimate of drug-likeness (QED) is 0.135. The van der Waals surface area contributed by atoms with Crippen molar-refractivity contribution in [3.05, 3.63) is 75.0 Å². The van der Waals surface area contributed by atoms with Crippen LogP contribution in [0.15, 0.2) is 57.8 Å². The van der Waals surface area contributed by atoms with Crippen molar-refractivity contribution in [3.63, 3.8) is 0 Å². The van der Waals surface area contributed by atoms with Crippen molar-refractivity contribution in [2.24, 2.45) is 4.99 Å². The molecule has 0 radical (unpaired) electrons. The summed E-state index contributed by atoms with van der Waals surface area (Å²) in [5, 5.41) is 2.05. The number of carbonyl (C=O) groups excluding carboxylic acids is 2. The van der Waals surface area contributed by atoms with Crippen LogP contribution in [0.2, 0.25) is 0 Å². The van der Waals surface area contributed by atoms with Crippen molar-refractivity contribution in [1.82, 2.24) is 14.0 Å². The van der Waals surface area contributed by atoms with Gasteiger partial charge in [-0.15, -0.1) is 11.8 Å². The summed E-state index contributed by atoms with van der Waals surface area (Å²) in [5.74, 6) is -1.23. The Morgan fingerprint density at radius 2 is 2.00 bits per heavy atom. The number of fused-ring (bicyclic) bond motifs is 2. The van der Waals surface area contributed by atoms with Crippen LogP contribution in [0.4, 0.5) is 0 Å². The van der Waals surface area contributed by atoms with Gasteiger partial charge in [-0.1, -0.05) is 18.2 Å². The topological polar surface area (TPSA) is 104 Å². The van der Waals surface area contributed by atoms with Crippen LogP contribution >= 0.6 is 11.8 Å². The molecule has 0 saturated heterocycles. The molecule has 3 heterocycles. The lowest BCUT2D eigenvalue weighted by atomic mass is 10.2. The standard InChI is InChI=1S/C26H30N4O5S/c1-5-34-15-10-14-29-23-19(25(32)30-13-9-11-18(3)22(30)28-23)17-20(26(33)35-6-2)24(29)27-21(31)12-7-8-16-36-4/h7-9,11-13,16-17H,5-6,10,14-15H2,1-4H3/b12-7+,16-8+,27-24?. The van der Waals surface area contributed by atoms with Crippen LogP contribution < -0.4 is 11.0 Å². The lowest BCUT2D eigenvalue weighted by molar-refractivity contribution is -0.113. The van der Waals surface area contributed by atoms with E-state index >= 15 is 0 Å². The molecule has 0 aliphatic carbocycles. The van der Waals surface area contributed by atoms with E-state index in [1.54, 1.807) is 35.9 Å². The van der Waals surface area contributed by atoms with Crippen molar-refractivity contribution >= 4 is 40.3 Å². The first-order valence-electron chi connectivity index (χ1n) is 11.7. The van der Waals surface area contributed by atoms with E-state index in [1.807, 2.05) is 31.6 Å². The first kappa shape index (κ1) is 27.1. The largest absolute Gasteiger partial charge is 0.462 e. The van der Waals surface area contributed by atoms with E-state index < -0.39 is 11.9 Å². The molecular formula is C26H30N4O5S. The molecule has 0 unspecified atom stereocenters. The van der Waals surface area contributed by atoms with Crippen molar-refractivity contribution in [3.8, 4) is 0 Å². The lowest BCUT2D eigenvalue weighted by Crippen LogP contribution is -2.33. The van der Waals surface area contributed by atoms with E-state index in [4.69, 9.17) is 14.5 Å². The molecule has 36 heavy (non-hydrogen) atoms. The van der Waals surface area contributed by atoms with Crippen LogP contribution in [0.25, 0.3) is 16.7 Å². The zero-order valence-corrected chi connectivity index (χ0v) is 21.7. The van der Waals surface area contributed by atoms with Gasteiger partial charge in [-0.25, -0.2) is 9.78 Å². The summed E-state index contributed by atoms with van der Waals surface area (Å²) in [5.41, 5.74) is 1.40. The number of nitrogens with zero attached hydrogens (tertiary/aromatic N) is 4. The van der Waals surface area contributed by atoms with Gasteiger partial charge in [-0.05, 0) is 56.6 Å². The third-order valence-electron chi connectivity index (χ3n) is 5.26. The molecule has 0 bridgehead atoms. The number of allylic oxidation sites excluding steroid dienone is 2. The Hall–Kier alpha value is -3.50. The van der Waals surface area contributed by atoms with Gasteiger partial charge in [0.15, 0.2) is 5.49 Å². The van der Waals surface area contributed by atoms with E-state index in [9.17, 15) is 14.4 Å². The van der Waals surface area contributed by atoms with Gasteiger partial charge in [-0.2, -0.15) is 4.99 Å². The molecule has 0 N–H and O–H groups in total. The third kappa shape index (κ3) is 6.19. The maximum absolute atomic E-state index is 13.5. The maximum Gasteiger partial charge on any atom is 0.341 e. The van der Waals surface area contributed by atoms with Crippen LogP contribution in [0.5, 0.6) is 0 Å². The molecule has 9 nitrogen and oxygen atoms in total. The fraction of sp³-hybridized carbons (Fsp3) is 0.346. The predicted molar refractivity (Wildman–Crippen MR) is 141 cm³/mol. The number of ether oxygens (including phenoxy) is 2. The Bertz CT molecular complexity index is 1450. The van der Waals surface area contributed by atoms with Gasteiger partial charge in [0, 0.05) is 32.0 Å². The monoisotopic (exact) mass is 510 g/mol. The second-order valence-corrected chi connectivity index (χ2v) is 8.46. The Morgan fingerprint density at radius 1 is 1.19 bits per heavy atom. The van der Waals surface area contributed by atoms with Gasteiger partial charge in [-0.3, -0.25) is 14.0 Å². The molecular weight excluding hydrogens is 480 g/mol. The summed E-state index contributed by atoms with van der Waals surface area (Å²) in [6.07, 6.45) is 8.70. The second kappa shape index (κ2) is 13.0. The zero-order chi connectivity index (χ0) is 26.1. The number of rotatable bonds is 10. The number of amides is 1. The van der Waals surface area contributed by atoms with Gasteiger partial charge in [0.2, 0.25) is 0 Å². The maximum atomic E-state index is 13.5. The fourth-order valence-electron chi connectivity index (χ4n) is 3.65. The van der Waals surface area contributed by atoms with E-state index in [-0.39, 0.29) is 28.6 Å². The minimum Gasteiger partial charge on any atom is -0.462 e. The lowest BCUT2D eigenvalue weighted by Gasteiger charge is -2.15. The smallest absolute Gasteiger partial charge is 0.341 e. The first-order valence-corrected chi connectivity index (χ1v) is 13.0. The molecule has 0 aliphatic rings. The molecule has 0 aliphatic heterocycles. The Labute approximate surface area is 213 Å². The van der Waals surface area contributed by atoms with Crippen molar-refractivity contribution < 1.29 is 19.1 Å². The van der Waals surface area contributed by atoms with Gasteiger partial charge in [0.25, 0.3) is 11.5 Å². The third-order valence-corrected chi connectivity index (χ3v) is 5.68. The zero-order valence-electron chi connectivity index (χ0n) is 20.9. The predicted octanol–water partition coefficient (Wildman–Crippen LogP) is 3.42. The van der Waals surface area contributed by atoms with Crippen molar-refractivity contribution in [2.45, 2.75) is 33.7 Å². The average molecular weight is 511 g/mol. The Morgan fingerprint density at radius 3 is 2.72 bits per heavy atom. The SMILES string of the molecule is CCOCCCn1c(=NC(=O)/C=C/C=C/SC)c(C(=O)OCC)cc2c(=O)n3cccc(C)c3nc21.